The van der Waals surface area contributed by atoms with Crippen LogP contribution in [0.2, 0.25) is 5.02 Å². The van der Waals surface area contributed by atoms with Crippen molar-refractivity contribution in [2.75, 3.05) is 13.6 Å². The standard InChI is InChI=1S/C50H59ClF2N8O10/c1-26-10-12-32-25-34(26)35-23-28(11-21-38(35)62)24-37(44(66)60-41(54)40(63)50(52,53)47(55)69)59-42(64)27(2)57-45(67)39(32)61(6)46(68)36(9-7-8-22-56-48(70)71-49(3,4)5)58-43(65)31-15-13-29(14-16-31)30-17-19-33(51)20-18-30/h10-21,23,25,27,36-37,39-41,62-63H,7-9,22,24,54H2,1-6H3,(H2,55,69)(H,56,70)(H,57,67)(H,58,65)(H,59,64)(H,60,66)/t27-,36-,37-,39-,40?,41+/m0/s1. The van der Waals surface area contributed by atoms with Gasteiger partial charge in [0.15, 0.2) is 6.10 Å². The Morgan fingerprint density at radius 3 is 2.14 bits per heavy atom. The van der Waals surface area contributed by atoms with Crippen LogP contribution in [0.4, 0.5) is 13.6 Å². The lowest BCUT2D eigenvalue weighted by Crippen LogP contribution is -2.63. The molecule has 1 aliphatic heterocycles. The highest BCUT2D eigenvalue weighted by atomic mass is 35.5. The van der Waals surface area contributed by atoms with Gasteiger partial charge in [-0.15, -0.1) is 0 Å². The van der Waals surface area contributed by atoms with Crippen molar-refractivity contribution in [2.45, 2.75) is 108 Å². The van der Waals surface area contributed by atoms with Crippen LogP contribution in [0.15, 0.2) is 84.9 Å². The van der Waals surface area contributed by atoms with Crippen molar-refractivity contribution in [1.82, 2.24) is 31.5 Å². The Morgan fingerprint density at radius 2 is 1.52 bits per heavy atom. The molecule has 380 valence electrons. The first-order valence-electron chi connectivity index (χ1n) is 22.6. The van der Waals surface area contributed by atoms with E-state index in [1.807, 2.05) is 17.4 Å². The number of carbonyl (C=O) groups is 7. The molecule has 71 heavy (non-hydrogen) atoms. The van der Waals surface area contributed by atoms with Gasteiger partial charge in [0.25, 0.3) is 11.8 Å². The molecule has 4 aromatic carbocycles. The van der Waals surface area contributed by atoms with Crippen LogP contribution in [0.3, 0.4) is 0 Å². The average molecular weight is 1010 g/mol. The van der Waals surface area contributed by atoms with Crippen LogP contribution < -0.4 is 38.1 Å². The van der Waals surface area contributed by atoms with E-state index in [1.54, 1.807) is 82.3 Å². The summed E-state index contributed by atoms with van der Waals surface area (Å²) in [6.07, 6.45) is -5.44. The number of phenolic OH excluding ortho intramolecular Hbond substituents is 1. The number of nitrogens with two attached hydrogens (primary N) is 2. The number of alkyl carbamates (subject to hydrolysis) is 1. The fourth-order valence-corrected chi connectivity index (χ4v) is 7.82. The van der Waals surface area contributed by atoms with E-state index in [0.717, 1.165) is 16.0 Å². The number of phenols is 1. The number of aryl methyl sites for hydroxylation is 1. The molecule has 18 nitrogen and oxygen atoms in total. The van der Waals surface area contributed by atoms with Gasteiger partial charge in [-0.05, 0) is 130 Å². The molecule has 0 aromatic heterocycles. The van der Waals surface area contributed by atoms with E-state index in [2.05, 4.69) is 21.3 Å². The zero-order valence-corrected chi connectivity index (χ0v) is 40.7. The highest BCUT2D eigenvalue weighted by Gasteiger charge is 2.48. The number of primary amides is 1. The van der Waals surface area contributed by atoms with E-state index in [-0.39, 0.29) is 41.8 Å². The molecule has 4 aromatic rings. The van der Waals surface area contributed by atoms with Crippen molar-refractivity contribution < 1.29 is 57.3 Å². The molecule has 6 atom stereocenters. The normalized spacial score (nSPS) is 17.5. The molecule has 1 heterocycles. The second-order valence-electron chi connectivity index (χ2n) is 18.3. The van der Waals surface area contributed by atoms with Gasteiger partial charge in [-0.3, -0.25) is 28.8 Å². The van der Waals surface area contributed by atoms with Crippen LogP contribution >= 0.6 is 11.6 Å². The number of halogens is 3. The molecule has 0 fully saturated rings. The number of aliphatic hydroxyl groups is 1. The van der Waals surface area contributed by atoms with Gasteiger partial charge in [0.05, 0.1) is 0 Å². The smallest absolute Gasteiger partial charge is 0.407 e. The molecule has 21 heteroatoms. The first-order chi connectivity index (χ1) is 33.3. The summed E-state index contributed by atoms with van der Waals surface area (Å²) in [4.78, 5) is 95.6. The minimum absolute atomic E-state index is 0.0467. The van der Waals surface area contributed by atoms with Crippen molar-refractivity contribution >= 4 is 53.1 Å². The van der Waals surface area contributed by atoms with Crippen molar-refractivity contribution in [2.24, 2.45) is 11.5 Å². The largest absolute Gasteiger partial charge is 0.507 e. The number of alkyl halides is 2. The maximum atomic E-state index is 14.8. The maximum Gasteiger partial charge on any atom is 0.407 e. The van der Waals surface area contributed by atoms with Crippen molar-refractivity contribution in [3.63, 3.8) is 0 Å². The van der Waals surface area contributed by atoms with Crippen molar-refractivity contribution in [3.8, 4) is 28.0 Å². The predicted octanol–water partition coefficient (Wildman–Crippen LogP) is 4.11. The second kappa shape index (κ2) is 23.2. The van der Waals surface area contributed by atoms with Gasteiger partial charge in [-0.25, -0.2) is 4.79 Å². The molecule has 1 aliphatic rings. The molecular weight excluding hydrogens is 946 g/mol. The lowest BCUT2D eigenvalue weighted by atomic mass is 9.91. The first-order valence-corrected chi connectivity index (χ1v) is 23.0. The third-order valence-electron chi connectivity index (χ3n) is 11.6. The topological polar surface area (TPSA) is 285 Å². The van der Waals surface area contributed by atoms with Crippen LogP contribution in [-0.4, -0.2) is 112 Å². The first kappa shape index (κ1) is 54.8. The van der Waals surface area contributed by atoms with Crippen molar-refractivity contribution in [3.05, 3.63) is 112 Å². The average Bonchev–Trinajstić information content (AvgIpc) is 3.30. The monoisotopic (exact) mass is 1000 g/mol. The van der Waals surface area contributed by atoms with Crippen LogP contribution in [0.5, 0.6) is 5.75 Å². The molecule has 5 rings (SSSR count). The van der Waals surface area contributed by atoms with Gasteiger partial charge in [0.2, 0.25) is 23.6 Å². The van der Waals surface area contributed by atoms with Gasteiger partial charge in [-0.2, -0.15) is 8.78 Å². The quantitative estimate of drug-likeness (QED) is 0.0604. The summed E-state index contributed by atoms with van der Waals surface area (Å²) >= 11 is 6.06. The minimum atomic E-state index is -4.54. The zero-order valence-electron chi connectivity index (χ0n) is 40.0. The Hall–Kier alpha value is -7.16. The molecule has 1 unspecified atom stereocenters. The number of aliphatic hydroxyl groups excluding tert-OH is 1. The molecule has 0 saturated carbocycles. The Morgan fingerprint density at radius 1 is 0.887 bits per heavy atom. The maximum absolute atomic E-state index is 14.8. The number of likely N-dealkylation sites (N-methyl/N-ethyl adjacent to an activating group) is 1. The zero-order chi connectivity index (χ0) is 52.5. The summed E-state index contributed by atoms with van der Waals surface area (Å²) in [6.45, 7) is 8.38. The number of ether oxygens (including phenoxy) is 1. The molecule has 11 N–H and O–H groups in total. The molecular formula is C50H59ClF2N8O10. The number of benzene rings is 4. The number of hydrogen-bond acceptors (Lipinski definition) is 11. The Labute approximate surface area is 414 Å². The number of nitrogens with zero attached hydrogens (tertiary/aromatic N) is 1. The van der Waals surface area contributed by atoms with E-state index < -0.39 is 89.5 Å². The van der Waals surface area contributed by atoms with E-state index in [0.29, 0.717) is 34.6 Å². The molecule has 4 bridgehead atoms. The molecule has 7 amide bonds. The van der Waals surface area contributed by atoms with Gasteiger partial charge in [0.1, 0.15) is 41.7 Å². The second-order valence-corrected chi connectivity index (χ2v) is 18.7. The van der Waals surface area contributed by atoms with E-state index in [1.165, 1.54) is 32.2 Å². The molecule has 0 spiro atoms. The Kier molecular flexibility index (Phi) is 17.9. The predicted molar refractivity (Wildman–Crippen MR) is 260 cm³/mol. The van der Waals surface area contributed by atoms with Gasteiger partial charge >= 0.3 is 12.0 Å². The van der Waals surface area contributed by atoms with Gasteiger partial charge in [0, 0.05) is 36.2 Å². The number of carbonyl (C=O) groups excluding carboxylic acids is 7. The molecule has 0 aliphatic carbocycles. The fourth-order valence-electron chi connectivity index (χ4n) is 7.70. The number of fused-ring (bicyclic) bond motifs is 5. The summed E-state index contributed by atoms with van der Waals surface area (Å²) in [6, 6.07) is 17.2. The summed E-state index contributed by atoms with van der Waals surface area (Å²) < 4.78 is 33.9. The summed E-state index contributed by atoms with van der Waals surface area (Å²) in [7, 11) is 1.35. The van der Waals surface area contributed by atoms with E-state index in [9.17, 15) is 52.6 Å². The van der Waals surface area contributed by atoms with Crippen LogP contribution in [-0.2, 0) is 35.1 Å². The van der Waals surface area contributed by atoms with Crippen LogP contribution in [0.1, 0.15) is 80.0 Å². The van der Waals surface area contributed by atoms with Crippen molar-refractivity contribution in [1.29, 1.82) is 0 Å². The number of aromatic hydroxyl groups is 1. The number of hydrogen-bond donors (Lipinski definition) is 9. The third-order valence-corrected chi connectivity index (χ3v) is 11.9. The summed E-state index contributed by atoms with van der Waals surface area (Å²) in [5.74, 6) is -11.3. The number of unbranched alkanes of at least 4 members (excludes halogenated alkanes) is 1. The third kappa shape index (κ3) is 14.2. The van der Waals surface area contributed by atoms with Crippen LogP contribution in [0.25, 0.3) is 22.3 Å². The SMILES string of the molecule is Cc1ccc2cc1-c1cc(ccc1O)C[C@@H](C(=O)N[C@@H](N)C(O)C(F)(F)C(N)=O)NC(=O)[C@H](C)NC(=O)[C@H]2N(C)C(=O)[C@H](CCCCNC(=O)OC(C)(C)C)NC(=O)c1ccc(-c2ccc(Cl)cc2)cc1. The Bertz CT molecular complexity index is 2630. The fraction of sp³-hybridized carbons (Fsp3) is 0.380. The number of amides is 7. The molecule has 0 radical (unpaired) electrons. The van der Waals surface area contributed by atoms with Gasteiger partial charge in [-0.1, -0.05) is 54.1 Å². The minimum Gasteiger partial charge on any atom is -0.507 e. The summed E-state index contributed by atoms with van der Waals surface area (Å²) in [5.41, 5.74) is 13.4. The molecule has 0 saturated heterocycles. The lowest BCUT2D eigenvalue weighted by molar-refractivity contribution is -0.164. The number of rotatable bonds is 15. The highest BCUT2D eigenvalue weighted by Crippen LogP contribution is 2.36. The van der Waals surface area contributed by atoms with E-state index >= 15 is 0 Å². The van der Waals surface area contributed by atoms with E-state index in [4.69, 9.17) is 27.8 Å². The lowest BCUT2D eigenvalue weighted by Gasteiger charge is -2.33. The van der Waals surface area contributed by atoms with Gasteiger partial charge < -0.3 is 57.9 Å². The van der Waals surface area contributed by atoms with Crippen LogP contribution in [0, 0.1) is 6.92 Å². The Balaban J connectivity index is 1.48. The summed E-state index contributed by atoms with van der Waals surface area (Å²) in [5, 5.41) is 34.4. The number of nitrogens with one attached hydrogen (secondary N) is 5. The highest BCUT2D eigenvalue weighted by molar-refractivity contribution is 6.30.